The lowest BCUT2D eigenvalue weighted by Gasteiger charge is -2.13. The molecular weight excluding hydrogens is 731 g/mol. The summed E-state index contributed by atoms with van der Waals surface area (Å²) in [6.45, 7) is 0. The summed E-state index contributed by atoms with van der Waals surface area (Å²) in [6, 6.07) is 74.0. The third-order valence-corrected chi connectivity index (χ3v) is 12.6. The van der Waals surface area contributed by atoms with Gasteiger partial charge in [-0.05, 0) is 78.9 Å². The van der Waals surface area contributed by atoms with Gasteiger partial charge in [0.15, 0.2) is 0 Å². The molecule has 0 fully saturated rings. The zero-order chi connectivity index (χ0) is 39.5. The molecule has 4 heterocycles. The summed E-state index contributed by atoms with van der Waals surface area (Å²) in [5, 5.41) is 20.7. The number of rotatable bonds is 4. The molecule has 278 valence electrons. The molecule has 0 N–H and O–H groups in total. The first-order valence-corrected chi connectivity index (χ1v) is 20.4. The predicted molar refractivity (Wildman–Crippen MR) is 249 cm³/mol. The molecule has 13 aromatic rings. The topological polar surface area (TPSA) is 43.5 Å². The van der Waals surface area contributed by atoms with Gasteiger partial charge in [-0.1, -0.05) is 121 Å². The first-order valence-electron chi connectivity index (χ1n) is 20.4. The van der Waals surface area contributed by atoms with Crippen LogP contribution in [0.4, 0.5) is 0 Å². The van der Waals surface area contributed by atoms with Crippen molar-refractivity contribution in [2.45, 2.75) is 0 Å². The van der Waals surface area contributed by atoms with E-state index in [9.17, 15) is 5.26 Å². The number of para-hydroxylation sites is 6. The van der Waals surface area contributed by atoms with Crippen LogP contribution in [-0.2, 0) is 0 Å². The average Bonchev–Trinajstić information content (AvgIpc) is 4.04. The van der Waals surface area contributed by atoms with Crippen molar-refractivity contribution in [2.24, 2.45) is 0 Å². The lowest BCUT2D eigenvalue weighted by Crippen LogP contribution is -2.00. The van der Waals surface area contributed by atoms with Crippen molar-refractivity contribution in [1.29, 1.82) is 5.26 Å². The molecule has 0 unspecified atom stereocenters. The van der Waals surface area contributed by atoms with Crippen LogP contribution in [-0.4, -0.2) is 18.3 Å². The number of fused-ring (bicyclic) bond motifs is 14. The fourth-order valence-electron chi connectivity index (χ4n) is 10.2. The van der Waals surface area contributed by atoms with Crippen LogP contribution >= 0.6 is 0 Å². The molecule has 5 heteroatoms. The van der Waals surface area contributed by atoms with Crippen LogP contribution in [0.5, 0.6) is 0 Å². The summed E-state index contributed by atoms with van der Waals surface area (Å²) in [6.07, 6.45) is 0. The Morgan fingerprint density at radius 3 is 1.25 bits per heavy atom. The monoisotopic (exact) mass is 763 g/mol. The summed E-state index contributed by atoms with van der Waals surface area (Å²) in [5.74, 6) is 0. The van der Waals surface area contributed by atoms with E-state index in [4.69, 9.17) is 0 Å². The summed E-state index contributed by atoms with van der Waals surface area (Å²) >= 11 is 0. The smallest absolute Gasteiger partial charge is 0.102 e. The van der Waals surface area contributed by atoms with Gasteiger partial charge in [0, 0.05) is 60.2 Å². The van der Waals surface area contributed by atoms with Crippen molar-refractivity contribution >= 4 is 87.2 Å². The third kappa shape index (κ3) is 4.29. The van der Waals surface area contributed by atoms with Crippen LogP contribution in [0.3, 0.4) is 0 Å². The number of nitrogens with zero attached hydrogens (tertiary/aromatic N) is 5. The standard InChI is InChI=1S/C55H33N5/c56-34-43-47(60-45-26-14-11-23-39(45)40-28-30-49-52(54(40)60)42-24-12-15-27-46(42)57(49)35-16-4-1-5-17-35)32-33-48-51(43)53-50(58(48)36-18-6-2-7-19-36)31-29-41-38-22-10-13-25-44(38)59(55(41)53)37-20-8-3-9-21-37/h1-33H. The molecule has 13 rings (SSSR count). The second-order valence-corrected chi connectivity index (χ2v) is 15.6. The SMILES string of the molecule is N#Cc1c(-n2c3ccccc3c3ccc4c(c5ccccc5n4-c4ccccc4)c32)ccc2c1c1c(ccc3c4ccccc4n(-c4ccccc4)c31)n2-c1ccccc1. The maximum atomic E-state index is 11.8. The highest BCUT2D eigenvalue weighted by Crippen LogP contribution is 2.47. The highest BCUT2D eigenvalue weighted by molar-refractivity contribution is 6.29. The Morgan fingerprint density at radius 1 is 0.283 bits per heavy atom. The molecule has 0 radical (unpaired) electrons. The molecule has 0 saturated heterocycles. The van der Waals surface area contributed by atoms with E-state index in [0.29, 0.717) is 5.56 Å². The normalized spacial score (nSPS) is 12.0. The van der Waals surface area contributed by atoms with E-state index < -0.39 is 0 Å². The average molecular weight is 764 g/mol. The molecule has 0 aliphatic carbocycles. The van der Waals surface area contributed by atoms with Gasteiger partial charge in [0.2, 0.25) is 0 Å². The Labute approximate surface area is 344 Å². The van der Waals surface area contributed by atoms with Crippen molar-refractivity contribution in [1.82, 2.24) is 18.3 Å². The molecule has 9 aromatic carbocycles. The Bertz CT molecular complexity index is 3930. The molecule has 60 heavy (non-hydrogen) atoms. The van der Waals surface area contributed by atoms with Crippen molar-refractivity contribution in [2.75, 3.05) is 0 Å². The van der Waals surface area contributed by atoms with Crippen LogP contribution in [0.2, 0.25) is 0 Å². The second kappa shape index (κ2) is 12.3. The summed E-state index contributed by atoms with van der Waals surface area (Å²) in [5.41, 5.74) is 13.4. The first-order chi connectivity index (χ1) is 29.8. The Kier molecular flexibility index (Phi) is 6.73. The molecule has 0 amide bonds. The lowest BCUT2D eigenvalue weighted by atomic mass is 10.0. The van der Waals surface area contributed by atoms with Crippen molar-refractivity contribution in [3.63, 3.8) is 0 Å². The molecule has 0 aliphatic heterocycles. The maximum absolute atomic E-state index is 11.8. The Morgan fingerprint density at radius 2 is 0.683 bits per heavy atom. The minimum atomic E-state index is 0.635. The van der Waals surface area contributed by atoms with Gasteiger partial charge in [-0.3, -0.25) is 0 Å². The number of hydrogen-bond acceptors (Lipinski definition) is 1. The quantitative estimate of drug-likeness (QED) is 0.176. The minimum absolute atomic E-state index is 0.635. The molecular formula is C55H33N5. The fraction of sp³-hybridized carbons (Fsp3) is 0. The van der Waals surface area contributed by atoms with E-state index in [1.165, 1.54) is 10.8 Å². The van der Waals surface area contributed by atoms with E-state index in [1.807, 2.05) is 0 Å². The van der Waals surface area contributed by atoms with E-state index in [1.54, 1.807) is 0 Å². The first kappa shape index (κ1) is 32.7. The zero-order valence-corrected chi connectivity index (χ0v) is 32.3. The molecule has 4 aromatic heterocycles. The Balaban J connectivity index is 1.25. The molecule has 0 atom stereocenters. The van der Waals surface area contributed by atoms with Gasteiger partial charge in [-0.15, -0.1) is 0 Å². The van der Waals surface area contributed by atoms with Gasteiger partial charge in [0.05, 0.1) is 55.4 Å². The van der Waals surface area contributed by atoms with Crippen LogP contribution < -0.4 is 0 Å². The van der Waals surface area contributed by atoms with Gasteiger partial charge in [-0.25, -0.2) is 0 Å². The zero-order valence-electron chi connectivity index (χ0n) is 32.3. The van der Waals surface area contributed by atoms with E-state index in [-0.39, 0.29) is 0 Å². The van der Waals surface area contributed by atoms with Gasteiger partial charge < -0.3 is 18.3 Å². The van der Waals surface area contributed by atoms with Crippen molar-refractivity contribution in [3.05, 3.63) is 206 Å². The van der Waals surface area contributed by atoms with Gasteiger partial charge in [0.25, 0.3) is 0 Å². The Hall–Kier alpha value is -8.33. The van der Waals surface area contributed by atoms with Gasteiger partial charge in [0.1, 0.15) is 6.07 Å². The highest BCUT2D eigenvalue weighted by Gasteiger charge is 2.27. The fourth-order valence-corrected chi connectivity index (χ4v) is 10.2. The number of benzene rings is 9. The number of nitriles is 1. The number of hydrogen-bond donors (Lipinski definition) is 0. The van der Waals surface area contributed by atoms with Crippen LogP contribution in [0, 0.1) is 11.3 Å². The molecule has 0 aliphatic rings. The van der Waals surface area contributed by atoms with Crippen LogP contribution in [0.15, 0.2) is 200 Å². The number of aromatic nitrogens is 4. The minimum Gasteiger partial charge on any atom is -0.309 e. The van der Waals surface area contributed by atoms with Gasteiger partial charge in [-0.2, -0.15) is 5.26 Å². The molecule has 0 bridgehead atoms. The largest absolute Gasteiger partial charge is 0.309 e. The summed E-state index contributed by atoms with van der Waals surface area (Å²) in [4.78, 5) is 0. The van der Waals surface area contributed by atoms with Gasteiger partial charge >= 0.3 is 0 Å². The molecule has 0 saturated carbocycles. The van der Waals surface area contributed by atoms with E-state index >= 15 is 0 Å². The molecule has 0 spiro atoms. The van der Waals surface area contributed by atoms with E-state index in [2.05, 4.69) is 225 Å². The summed E-state index contributed by atoms with van der Waals surface area (Å²) in [7, 11) is 0. The van der Waals surface area contributed by atoms with E-state index in [0.717, 1.165) is 99.2 Å². The lowest BCUT2D eigenvalue weighted by molar-refractivity contribution is 1.16. The predicted octanol–water partition coefficient (Wildman–Crippen LogP) is 13.9. The van der Waals surface area contributed by atoms with Crippen LogP contribution in [0.25, 0.3) is 110 Å². The highest BCUT2D eigenvalue weighted by atomic mass is 15.0. The molecule has 5 nitrogen and oxygen atoms in total. The third-order valence-electron chi connectivity index (χ3n) is 12.6. The maximum Gasteiger partial charge on any atom is 0.102 e. The van der Waals surface area contributed by atoms with Crippen molar-refractivity contribution < 1.29 is 0 Å². The van der Waals surface area contributed by atoms with Crippen molar-refractivity contribution in [3.8, 4) is 28.8 Å². The summed E-state index contributed by atoms with van der Waals surface area (Å²) < 4.78 is 9.45. The van der Waals surface area contributed by atoms with Crippen LogP contribution in [0.1, 0.15) is 5.56 Å². The second-order valence-electron chi connectivity index (χ2n) is 15.6.